The van der Waals surface area contributed by atoms with Gasteiger partial charge < -0.3 is 0 Å². The first-order valence-corrected chi connectivity index (χ1v) is 7.10. The Balaban J connectivity index is 2.96. The molecule has 0 unspecified atom stereocenters. The number of nitrogens with zero attached hydrogens (tertiary/aromatic N) is 1. The molecule has 0 saturated carbocycles. The second kappa shape index (κ2) is 4.73. The molecule has 0 fully saturated rings. The van der Waals surface area contributed by atoms with E-state index in [1.54, 1.807) is 10.5 Å². The van der Waals surface area contributed by atoms with Crippen LogP contribution in [0.4, 0.5) is 0 Å². The minimum absolute atomic E-state index is 0.287. The van der Waals surface area contributed by atoms with Crippen LogP contribution in [0.3, 0.4) is 0 Å². The van der Waals surface area contributed by atoms with E-state index in [4.69, 9.17) is 0 Å². The van der Waals surface area contributed by atoms with E-state index >= 15 is 0 Å². The highest BCUT2D eigenvalue weighted by atomic mass is 32.2. The van der Waals surface area contributed by atoms with Crippen molar-refractivity contribution in [3.05, 3.63) is 10.5 Å². The van der Waals surface area contributed by atoms with Gasteiger partial charge in [0, 0.05) is 18.0 Å². The maximum absolute atomic E-state index is 2.52. The molecule has 0 bridgehead atoms. The summed E-state index contributed by atoms with van der Waals surface area (Å²) in [6.45, 7) is 18.6. The van der Waals surface area contributed by atoms with Gasteiger partial charge in [-0.15, -0.1) is 0 Å². The molecule has 0 aromatic rings. The zero-order valence-corrected chi connectivity index (χ0v) is 12.8. The third-order valence-electron chi connectivity index (χ3n) is 2.89. The molecule has 1 aliphatic heterocycles. The van der Waals surface area contributed by atoms with Gasteiger partial charge in [-0.25, -0.2) is 4.31 Å². The van der Waals surface area contributed by atoms with Crippen molar-refractivity contribution in [3.8, 4) is 0 Å². The molecule has 0 aliphatic carbocycles. The van der Waals surface area contributed by atoms with Crippen LogP contribution in [0, 0.1) is 10.8 Å². The average Bonchev–Trinajstić information content (AvgIpc) is 2.47. The lowest BCUT2D eigenvalue weighted by Gasteiger charge is -2.27. The van der Waals surface area contributed by atoms with Crippen molar-refractivity contribution >= 4 is 11.9 Å². The van der Waals surface area contributed by atoms with E-state index < -0.39 is 0 Å². The van der Waals surface area contributed by atoms with Crippen LogP contribution in [0.2, 0.25) is 0 Å². The van der Waals surface area contributed by atoms with Gasteiger partial charge in [-0.2, -0.15) is 0 Å². The standard InChI is InChI=1S/C14H27NS/c1-8-9-15-10-11(13(2,3)4)12(16-15)14(5,6)7/h8-10H2,1-7H3. The Morgan fingerprint density at radius 2 is 1.62 bits per heavy atom. The quantitative estimate of drug-likeness (QED) is 0.644. The van der Waals surface area contributed by atoms with Gasteiger partial charge in [0.25, 0.3) is 0 Å². The van der Waals surface area contributed by atoms with Crippen molar-refractivity contribution < 1.29 is 0 Å². The van der Waals surface area contributed by atoms with Gasteiger partial charge in [-0.3, -0.25) is 0 Å². The molecule has 1 heterocycles. The molecular formula is C14H27NS. The van der Waals surface area contributed by atoms with Gasteiger partial charge in [0.1, 0.15) is 0 Å². The van der Waals surface area contributed by atoms with Crippen LogP contribution in [-0.2, 0) is 0 Å². The summed E-state index contributed by atoms with van der Waals surface area (Å²) in [5.41, 5.74) is 2.23. The number of rotatable bonds is 2. The van der Waals surface area contributed by atoms with Crippen LogP contribution in [0.15, 0.2) is 10.5 Å². The van der Waals surface area contributed by atoms with Crippen LogP contribution in [0.1, 0.15) is 54.9 Å². The largest absolute Gasteiger partial charge is 0.243 e. The van der Waals surface area contributed by atoms with Gasteiger partial charge in [0.15, 0.2) is 0 Å². The Morgan fingerprint density at radius 1 is 1.06 bits per heavy atom. The number of allylic oxidation sites excluding steroid dienone is 1. The predicted octanol–water partition coefficient (Wildman–Crippen LogP) is 4.71. The molecule has 1 aliphatic rings. The molecule has 0 aromatic heterocycles. The van der Waals surface area contributed by atoms with Gasteiger partial charge >= 0.3 is 0 Å². The summed E-state index contributed by atoms with van der Waals surface area (Å²) in [4.78, 5) is 1.59. The molecule has 0 saturated heterocycles. The number of hydrogen-bond acceptors (Lipinski definition) is 2. The summed E-state index contributed by atoms with van der Waals surface area (Å²) in [5.74, 6) is 0. The summed E-state index contributed by atoms with van der Waals surface area (Å²) >= 11 is 1.99. The molecule has 1 rings (SSSR count). The molecule has 94 valence electrons. The normalized spacial score (nSPS) is 19.7. The third-order valence-corrected chi connectivity index (χ3v) is 4.50. The van der Waals surface area contributed by atoms with Crippen molar-refractivity contribution in [3.63, 3.8) is 0 Å². The van der Waals surface area contributed by atoms with Gasteiger partial charge in [-0.1, -0.05) is 48.5 Å². The molecule has 0 atom stereocenters. The van der Waals surface area contributed by atoms with E-state index in [0.717, 1.165) is 6.54 Å². The van der Waals surface area contributed by atoms with E-state index in [1.807, 2.05) is 11.9 Å². The minimum atomic E-state index is 0.287. The lowest BCUT2D eigenvalue weighted by atomic mass is 9.81. The first-order chi connectivity index (χ1) is 7.16. The van der Waals surface area contributed by atoms with Crippen LogP contribution < -0.4 is 0 Å². The highest BCUT2D eigenvalue weighted by Gasteiger charge is 2.35. The lowest BCUT2D eigenvalue weighted by Crippen LogP contribution is -2.20. The fourth-order valence-electron chi connectivity index (χ4n) is 2.01. The van der Waals surface area contributed by atoms with E-state index in [2.05, 4.69) is 52.8 Å². The second-order valence-electron chi connectivity index (χ2n) is 6.76. The highest BCUT2D eigenvalue weighted by molar-refractivity contribution is 8.01. The summed E-state index contributed by atoms with van der Waals surface area (Å²) < 4.78 is 2.52. The molecule has 16 heavy (non-hydrogen) atoms. The molecule has 0 radical (unpaired) electrons. The Hall–Kier alpha value is 0.0500. The van der Waals surface area contributed by atoms with Crippen LogP contribution >= 0.6 is 11.9 Å². The summed E-state index contributed by atoms with van der Waals surface area (Å²) in [7, 11) is 0. The van der Waals surface area contributed by atoms with Gasteiger partial charge in [-0.05, 0) is 34.8 Å². The Bertz CT molecular complexity index is 252. The van der Waals surface area contributed by atoms with Crippen molar-refractivity contribution in [2.24, 2.45) is 10.8 Å². The molecule has 0 spiro atoms. The smallest absolute Gasteiger partial charge is 0.0319 e. The van der Waals surface area contributed by atoms with Gasteiger partial charge in [0.2, 0.25) is 0 Å². The minimum Gasteiger partial charge on any atom is -0.243 e. The van der Waals surface area contributed by atoms with E-state index in [0.29, 0.717) is 5.41 Å². The average molecular weight is 241 g/mol. The zero-order valence-electron chi connectivity index (χ0n) is 12.0. The summed E-state index contributed by atoms with van der Waals surface area (Å²) in [6, 6.07) is 0. The molecule has 1 nitrogen and oxygen atoms in total. The fraction of sp³-hybridized carbons (Fsp3) is 0.857. The zero-order chi connectivity index (χ0) is 12.6. The van der Waals surface area contributed by atoms with Crippen molar-refractivity contribution in [1.82, 2.24) is 4.31 Å². The van der Waals surface area contributed by atoms with Crippen molar-refractivity contribution in [2.75, 3.05) is 13.1 Å². The van der Waals surface area contributed by atoms with Crippen LogP contribution in [0.25, 0.3) is 0 Å². The summed E-state index contributed by atoms with van der Waals surface area (Å²) in [6.07, 6.45) is 1.24. The fourth-order valence-corrected chi connectivity index (χ4v) is 3.49. The third kappa shape index (κ3) is 3.27. The molecule has 2 heteroatoms. The Labute approximate surface area is 106 Å². The molecule has 0 amide bonds. The van der Waals surface area contributed by atoms with E-state index in [9.17, 15) is 0 Å². The maximum Gasteiger partial charge on any atom is 0.0319 e. The van der Waals surface area contributed by atoms with Crippen LogP contribution in [-0.4, -0.2) is 17.4 Å². The molecule has 0 N–H and O–H groups in total. The highest BCUT2D eigenvalue weighted by Crippen LogP contribution is 2.48. The molecule has 0 aromatic carbocycles. The Kier molecular flexibility index (Phi) is 4.18. The van der Waals surface area contributed by atoms with Crippen molar-refractivity contribution in [1.29, 1.82) is 0 Å². The monoisotopic (exact) mass is 241 g/mol. The first kappa shape index (κ1) is 14.1. The summed E-state index contributed by atoms with van der Waals surface area (Å²) in [5, 5.41) is 0. The van der Waals surface area contributed by atoms with E-state index in [1.165, 1.54) is 13.0 Å². The maximum atomic E-state index is 2.52. The first-order valence-electron chi connectivity index (χ1n) is 6.33. The lowest BCUT2D eigenvalue weighted by molar-refractivity contribution is 0.423. The SMILES string of the molecule is CCCN1CC(C(C)(C)C)=C(C(C)(C)C)S1. The predicted molar refractivity (Wildman–Crippen MR) is 75.4 cm³/mol. The number of hydrogen-bond donors (Lipinski definition) is 0. The van der Waals surface area contributed by atoms with Crippen LogP contribution in [0.5, 0.6) is 0 Å². The second-order valence-corrected chi connectivity index (χ2v) is 7.87. The Morgan fingerprint density at radius 3 is 1.94 bits per heavy atom. The molecular weight excluding hydrogens is 214 g/mol. The van der Waals surface area contributed by atoms with Gasteiger partial charge in [0.05, 0.1) is 0 Å². The van der Waals surface area contributed by atoms with E-state index in [-0.39, 0.29) is 5.41 Å². The van der Waals surface area contributed by atoms with Crippen molar-refractivity contribution in [2.45, 2.75) is 54.9 Å². The topological polar surface area (TPSA) is 3.24 Å².